The van der Waals surface area contributed by atoms with Crippen LogP contribution in [0.1, 0.15) is 5.56 Å². The highest BCUT2D eigenvalue weighted by atomic mass is 16.7. The first-order valence-corrected chi connectivity index (χ1v) is 10.5. The maximum atomic E-state index is 13.3. The van der Waals surface area contributed by atoms with Crippen molar-refractivity contribution in [2.75, 3.05) is 25.2 Å². The molecular weight excluding hydrogens is 396 g/mol. The van der Waals surface area contributed by atoms with Crippen molar-refractivity contribution in [2.24, 2.45) is 11.8 Å². The van der Waals surface area contributed by atoms with Gasteiger partial charge in [-0.3, -0.25) is 9.59 Å². The van der Waals surface area contributed by atoms with Gasteiger partial charge in [0.1, 0.15) is 5.60 Å². The van der Waals surface area contributed by atoms with E-state index >= 15 is 0 Å². The molecule has 2 fully saturated rings. The molecule has 4 aliphatic rings. The summed E-state index contributed by atoms with van der Waals surface area (Å²) in [7, 11) is 0. The summed E-state index contributed by atoms with van der Waals surface area (Å²) in [5.74, 6) is -0.00513. The topological polar surface area (TPSA) is 77.1 Å². The Kier molecular flexibility index (Phi) is 4.08. The third-order valence-corrected chi connectivity index (χ3v) is 6.63. The Hall–Kier alpha value is -3.32. The fraction of sp³-hybridized carbons (Fsp3) is 0.333. The second kappa shape index (κ2) is 6.85. The van der Waals surface area contributed by atoms with Gasteiger partial charge in [0.2, 0.25) is 18.6 Å². The number of anilines is 1. The van der Waals surface area contributed by atoms with Crippen LogP contribution in [-0.2, 0) is 20.7 Å². The number of carbonyl (C=O) groups excluding carboxylic acids is 2. The van der Waals surface area contributed by atoms with Crippen LogP contribution in [0.25, 0.3) is 0 Å². The van der Waals surface area contributed by atoms with Gasteiger partial charge in [-0.1, -0.05) is 42.5 Å². The molecule has 2 saturated heterocycles. The van der Waals surface area contributed by atoms with E-state index in [9.17, 15) is 9.59 Å². The van der Waals surface area contributed by atoms with Crippen LogP contribution in [0.2, 0.25) is 0 Å². The van der Waals surface area contributed by atoms with Gasteiger partial charge >= 0.3 is 0 Å². The molecule has 6 rings (SSSR count). The Balaban J connectivity index is 1.19. The van der Waals surface area contributed by atoms with Crippen molar-refractivity contribution < 1.29 is 23.8 Å². The molecule has 0 unspecified atom stereocenters. The van der Waals surface area contributed by atoms with Crippen LogP contribution in [0.3, 0.4) is 0 Å². The summed E-state index contributed by atoms with van der Waals surface area (Å²) in [5.41, 5.74) is 1.10. The zero-order chi connectivity index (χ0) is 21.0. The summed E-state index contributed by atoms with van der Waals surface area (Å²) >= 11 is 0. The lowest BCUT2D eigenvalue weighted by molar-refractivity contribution is -0.135. The van der Waals surface area contributed by atoms with Crippen molar-refractivity contribution in [1.82, 2.24) is 4.90 Å². The second-order valence-electron chi connectivity index (χ2n) is 8.45. The zero-order valence-electron chi connectivity index (χ0n) is 16.8. The molecule has 0 aromatic heterocycles. The molecule has 1 spiro atoms. The van der Waals surface area contributed by atoms with E-state index in [-0.39, 0.29) is 24.7 Å². The third kappa shape index (κ3) is 2.91. The van der Waals surface area contributed by atoms with Gasteiger partial charge in [-0.25, -0.2) is 0 Å². The second-order valence-corrected chi connectivity index (χ2v) is 8.45. The van der Waals surface area contributed by atoms with Crippen LogP contribution in [-0.4, -0.2) is 48.3 Å². The van der Waals surface area contributed by atoms with E-state index in [0.717, 1.165) is 6.42 Å². The van der Waals surface area contributed by atoms with Crippen LogP contribution in [0, 0.1) is 11.8 Å². The van der Waals surface area contributed by atoms with E-state index < -0.39 is 17.4 Å². The van der Waals surface area contributed by atoms with Crippen LogP contribution in [0.5, 0.6) is 11.5 Å². The number of nitrogens with one attached hydrogen (secondary N) is 1. The molecule has 31 heavy (non-hydrogen) atoms. The van der Waals surface area contributed by atoms with Crippen molar-refractivity contribution in [3.63, 3.8) is 0 Å². The highest BCUT2D eigenvalue weighted by molar-refractivity contribution is 5.99. The van der Waals surface area contributed by atoms with Crippen molar-refractivity contribution in [3.05, 3.63) is 66.2 Å². The molecule has 4 atom stereocenters. The van der Waals surface area contributed by atoms with Crippen LogP contribution >= 0.6 is 0 Å². The predicted octanol–water partition coefficient (Wildman–Crippen LogP) is 2.38. The minimum atomic E-state index is -0.699. The molecular formula is C24H22N2O5. The first-order chi connectivity index (χ1) is 15.1. The minimum absolute atomic E-state index is 0.00591. The molecule has 0 saturated carbocycles. The normalized spacial score (nSPS) is 29.5. The lowest BCUT2D eigenvalue weighted by atomic mass is 9.77. The van der Waals surface area contributed by atoms with Gasteiger partial charge in [0.25, 0.3) is 0 Å². The fourth-order valence-electron chi connectivity index (χ4n) is 5.18. The van der Waals surface area contributed by atoms with Crippen molar-refractivity contribution in [2.45, 2.75) is 18.1 Å². The van der Waals surface area contributed by atoms with Gasteiger partial charge in [-0.05, 0) is 24.1 Å². The summed E-state index contributed by atoms with van der Waals surface area (Å²) in [5, 5.41) is 2.94. The average molecular weight is 418 g/mol. The minimum Gasteiger partial charge on any atom is -0.454 e. The standard InChI is InChI=1S/C24H22N2O5/c27-22(25-16-6-7-17-19(12-16)30-14-29-17)20-18-8-10-24(31-18)13-26(23(28)21(20)24)11-9-15-4-2-1-3-5-15/h1-8,10,12,18,20-21H,9,11,13-14H2,(H,25,27)/t18-,20+,21-,24+/m1/s1. The Morgan fingerprint density at radius 2 is 1.97 bits per heavy atom. The van der Waals surface area contributed by atoms with Crippen LogP contribution < -0.4 is 14.8 Å². The average Bonchev–Trinajstić information content (AvgIpc) is 3.53. The molecule has 2 bridgehead atoms. The lowest BCUT2D eigenvalue weighted by Crippen LogP contribution is -2.41. The quantitative estimate of drug-likeness (QED) is 0.755. The molecule has 1 N–H and O–H groups in total. The number of benzene rings is 2. The third-order valence-electron chi connectivity index (χ3n) is 6.63. The Labute approximate surface area is 179 Å². The van der Waals surface area contributed by atoms with Crippen LogP contribution in [0.15, 0.2) is 60.7 Å². The number of ether oxygens (including phenoxy) is 3. The first kappa shape index (κ1) is 18.4. The monoisotopic (exact) mass is 418 g/mol. The van der Waals surface area contributed by atoms with E-state index in [1.165, 1.54) is 5.56 Å². The van der Waals surface area contributed by atoms with E-state index in [0.29, 0.717) is 30.3 Å². The summed E-state index contributed by atoms with van der Waals surface area (Å²) in [4.78, 5) is 28.4. The number of amides is 2. The summed E-state index contributed by atoms with van der Waals surface area (Å²) in [6.45, 7) is 1.28. The Bertz CT molecular complexity index is 1080. The van der Waals surface area contributed by atoms with Crippen molar-refractivity contribution in [3.8, 4) is 11.5 Å². The number of fused-ring (bicyclic) bond motifs is 2. The molecule has 2 aromatic rings. The van der Waals surface area contributed by atoms with Gasteiger partial charge < -0.3 is 24.4 Å². The molecule has 0 aliphatic carbocycles. The molecule has 2 aromatic carbocycles. The largest absolute Gasteiger partial charge is 0.454 e. The van der Waals surface area contributed by atoms with E-state index in [1.807, 2.05) is 35.3 Å². The van der Waals surface area contributed by atoms with E-state index in [1.54, 1.807) is 18.2 Å². The number of carbonyl (C=O) groups is 2. The molecule has 7 heteroatoms. The predicted molar refractivity (Wildman–Crippen MR) is 112 cm³/mol. The zero-order valence-corrected chi connectivity index (χ0v) is 16.8. The first-order valence-electron chi connectivity index (χ1n) is 10.5. The van der Waals surface area contributed by atoms with Gasteiger partial charge in [-0.15, -0.1) is 0 Å². The molecule has 0 radical (unpaired) electrons. The highest BCUT2D eigenvalue weighted by Crippen LogP contribution is 2.52. The fourth-order valence-corrected chi connectivity index (χ4v) is 5.18. The maximum absolute atomic E-state index is 13.3. The summed E-state index contributed by atoms with van der Waals surface area (Å²) < 4.78 is 16.9. The Morgan fingerprint density at radius 1 is 1.13 bits per heavy atom. The number of likely N-dealkylation sites (tertiary alicyclic amines) is 1. The number of nitrogens with zero attached hydrogens (tertiary/aromatic N) is 1. The summed E-state index contributed by atoms with van der Waals surface area (Å²) in [6, 6.07) is 15.4. The van der Waals surface area contributed by atoms with E-state index in [2.05, 4.69) is 17.4 Å². The lowest BCUT2D eigenvalue weighted by Gasteiger charge is -2.23. The molecule has 7 nitrogen and oxygen atoms in total. The van der Waals surface area contributed by atoms with Gasteiger partial charge in [0, 0.05) is 18.3 Å². The molecule has 158 valence electrons. The van der Waals surface area contributed by atoms with Gasteiger partial charge in [0.05, 0.1) is 24.5 Å². The summed E-state index contributed by atoms with van der Waals surface area (Å²) in [6.07, 6.45) is 4.30. The van der Waals surface area contributed by atoms with Crippen LogP contribution in [0.4, 0.5) is 5.69 Å². The van der Waals surface area contributed by atoms with Crippen molar-refractivity contribution >= 4 is 17.5 Å². The molecule has 2 amide bonds. The van der Waals surface area contributed by atoms with Crippen molar-refractivity contribution in [1.29, 1.82) is 0 Å². The molecule has 4 aliphatic heterocycles. The number of hydrogen-bond acceptors (Lipinski definition) is 5. The Morgan fingerprint density at radius 3 is 2.84 bits per heavy atom. The SMILES string of the molecule is O=C(Nc1ccc2c(c1)OCO2)[C@H]1[C@H]2C=C[C@@]3(CN(CCc4ccccc4)C(=O)[C@@H]13)O2. The number of rotatable bonds is 5. The highest BCUT2D eigenvalue weighted by Gasteiger charge is 2.66. The van der Waals surface area contributed by atoms with Gasteiger partial charge in [-0.2, -0.15) is 0 Å². The number of hydrogen-bond donors (Lipinski definition) is 1. The smallest absolute Gasteiger partial charge is 0.231 e. The maximum Gasteiger partial charge on any atom is 0.231 e. The van der Waals surface area contributed by atoms with Gasteiger partial charge in [0.15, 0.2) is 11.5 Å². The van der Waals surface area contributed by atoms with E-state index in [4.69, 9.17) is 14.2 Å². The molecule has 4 heterocycles.